The molecule has 0 bridgehead atoms. The van der Waals surface area contributed by atoms with E-state index in [9.17, 15) is 0 Å². The molecular weight excluding hydrogens is 228 g/mol. The Hall–Kier alpha value is -1.20. The highest BCUT2D eigenvalue weighted by molar-refractivity contribution is 6.33. The van der Waals surface area contributed by atoms with Gasteiger partial charge in [0.15, 0.2) is 5.65 Å². The SMILES string of the molecule is Cc1nc(Cl)c2cnn(C3CCOC3)c2n1. The van der Waals surface area contributed by atoms with Crippen molar-refractivity contribution in [1.82, 2.24) is 19.7 Å². The molecule has 1 aliphatic heterocycles. The predicted octanol–water partition coefficient (Wildman–Crippen LogP) is 1.75. The van der Waals surface area contributed by atoms with Crippen LogP contribution in [0, 0.1) is 6.92 Å². The van der Waals surface area contributed by atoms with E-state index in [0.717, 1.165) is 24.1 Å². The van der Waals surface area contributed by atoms with Gasteiger partial charge < -0.3 is 4.74 Å². The second-order valence-corrected chi connectivity index (χ2v) is 4.26. The van der Waals surface area contributed by atoms with Crippen molar-refractivity contribution in [2.24, 2.45) is 0 Å². The molecule has 5 nitrogen and oxygen atoms in total. The average molecular weight is 239 g/mol. The van der Waals surface area contributed by atoms with Crippen LogP contribution in [0.1, 0.15) is 18.3 Å². The van der Waals surface area contributed by atoms with Gasteiger partial charge in [0.2, 0.25) is 0 Å². The summed E-state index contributed by atoms with van der Waals surface area (Å²) in [5.41, 5.74) is 0.799. The number of halogens is 1. The van der Waals surface area contributed by atoms with Gasteiger partial charge in [-0.1, -0.05) is 11.6 Å². The minimum Gasteiger partial charge on any atom is -0.379 e. The summed E-state index contributed by atoms with van der Waals surface area (Å²) in [5.74, 6) is 0.665. The number of aromatic nitrogens is 4. The molecule has 0 amide bonds. The predicted molar refractivity (Wildman–Crippen MR) is 59.5 cm³/mol. The molecule has 3 heterocycles. The lowest BCUT2D eigenvalue weighted by molar-refractivity contribution is 0.185. The Morgan fingerprint density at radius 3 is 3.12 bits per heavy atom. The molecule has 2 aromatic rings. The van der Waals surface area contributed by atoms with E-state index in [1.165, 1.54) is 0 Å². The van der Waals surface area contributed by atoms with Crippen LogP contribution < -0.4 is 0 Å². The van der Waals surface area contributed by atoms with Crippen LogP contribution in [0.15, 0.2) is 6.20 Å². The van der Waals surface area contributed by atoms with Crippen molar-refractivity contribution >= 4 is 22.6 Å². The van der Waals surface area contributed by atoms with E-state index in [2.05, 4.69) is 15.1 Å². The lowest BCUT2D eigenvalue weighted by Gasteiger charge is -2.09. The average Bonchev–Trinajstić information content (AvgIpc) is 2.83. The zero-order valence-corrected chi connectivity index (χ0v) is 9.61. The van der Waals surface area contributed by atoms with Gasteiger partial charge in [-0.05, 0) is 13.3 Å². The maximum atomic E-state index is 6.05. The summed E-state index contributed by atoms with van der Waals surface area (Å²) in [4.78, 5) is 8.50. The highest BCUT2D eigenvalue weighted by Gasteiger charge is 2.21. The summed E-state index contributed by atoms with van der Waals surface area (Å²) in [6.45, 7) is 3.30. The Kier molecular flexibility index (Phi) is 2.29. The molecule has 6 heteroatoms. The van der Waals surface area contributed by atoms with E-state index >= 15 is 0 Å². The monoisotopic (exact) mass is 238 g/mol. The van der Waals surface area contributed by atoms with E-state index in [0.29, 0.717) is 17.6 Å². The first-order valence-corrected chi connectivity index (χ1v) is 5.58. The van der Waals surface area contributed by atoms with Crippen LogP contribution in [0.25, 0.3) is 11.0 Å². The summed E-state index contributed by atoms with van der Waals surface area (Å²) in [6.07, 6.45) is 2.69. The number of rotatable bonds is 1. The number of hydrogen-bond acceptors (Lipinski definition) is 4. The van der Waals surface area contributed by atoms with Crippen LogP contribution in [-0.4, -0.2) is 33.0 Å². The largest absolute Gasteiger partial charge is 0.379 e. The van der Waals surface area contributed by atoms with Gasteiger partial charge in [0, 0.05) is 6.61 Å². The molecule has 0 spiro atoms. The van der Waals surface area contributed by atoms with E-state index < -0.39 is 0 Å². The number of nitrogens with zero attached hydrogens (tertiary/aromatic N) is 4. The van der Waals surface area contributed by atoms with E-state index in [-0.39, 0.29) is 6.04 Å². The molecule has 1 saturated heterocycles. The van der Waals surface area contributed by atoms with Crippen molar-refractivity contribution in [3.8, 4) is 0 Å². The number of hydrogen-bond donors (Lipinski definition) is 0. The van der Waals surface area contributed by atoms with Crippen molar-refractivity contribution in [2.75, 3.05) is 13.2 Å². The molecule has 0 N–H and O–H groups in total. The summed E-state index contributed by atoms with van der Waals surface area (Å²) in [7, 11) is 0. The van der Waals surface area contributed by atoms with Crippen molar-refractivity contribution in [2.45, 2.75) is 19.4 Å². The Labute approximate surface area is 97.4 Å². The molecule has 1 fully saturated rings. The summed E-state index contributed by atoms with van der Waals surface area (Å²) < 4.78 is 7.24. The highest BCUT2D eigenvalue weighted by atomic mass is 35.5. The maximum Gasteiger partial charge on any atom is 0.163 e. The van der Waals surface area contributed by atoms with Crippen molar-refractivity contribution in [3.63, 3.8) is 0 Å². The first-order valence-electron chi connectivity index (χ1n) is 5.21. The van der Waals surface area contributed by atoms with E-state index in [1.54, 1.807) is 6.20 Å². The van der Waals surface area contributed by atoms with Crippen LogP contribution in [0.2, 0.25) is 5.15 Å². The second kappa shape index (κ2) is 3.68. The lowest BCUT2D eigenvalue weighted by Crippen LogP contribution is -2.11. The van der Waals surface area contributed by atoms with Gasteiger partial charge in [-0.3, -0.25) is 0 Å². The fourth-order valence-electron chi connectivity index (χ4n) is 1.98. The Morgan fingerprint density at radius 2 is 2.38 bits per heavy atom. The third-order valence-corrected chi connectivity index (χ3v) is 3.06. The fraction of sp³-hybridized carbons (Fsp3) is 0.500. The van der Waals surface area contributed by atoms with Crippen LogP contribution in [-0.2, 0) is 4.74 Å². The molecule has 1 unspecified atom stereocenters. The van der Waals surface area contributed by atoms with Gasteiger partial charge >= 0.3 is 0 Å². The smallest absolute Gasteiger partial charge is 0.163 e. The molecule has 1 atom stereocenters. The van der Waals surface area contributed by atoms with Crippen molar-refractivity contribution < 1.29 is 4.74 Å². The first kappa shape index (κ1) is 9.99. The lowest BCUT2D eigenvalue weighted by atomic mass is 10.3. The van der Waals surface area contributed by atoms with E-state index in [4.69, 9.17) is 16.3 Å². The topological polar surface area (TPSA) is 52.8 Å². The standard InChI is InChI=1S/C10H11ClN4O/c1-6-13-9(11)8-4-12-15(10(8)14-6)7-2-3-16-5-7/h4,7H,2-3,5H2,1H3. The van der Waals surface area contributed by atoms with Crippen molar-refractivity contribution in [1.29, 1.82) is 0 Å². The summed E-state index contributed by atoms with van der Waals surface area (Å²) in [6, 6.07) is 0.267. The molecule has 2 aromatic heterocycles. The quantitative estimate of drug-likeness (QED) is 0.711. The fourth-order valence-corrected chi connectivity index (χ4v) is 2.23. The third-order valence-electron chi connectivity index (χ3n) is 2.77. The molecule has 0 aromatic carbocycles. The summed E-state index contributed by atoms with van der Waals surface area (Å²) >= 11 is 6.05. The minimum absolute atomic E-state index is 0.267. The molecular formula is C10H11ClN4O. The van der Waals surface area contributed by atoms with Crippen LogP contribution in [0.4, 0.5) is 0 Å². The molecule has 84 valence electrons. The molecule has 16 heavy (non-hydrogen) atoms. The van der Waals surface area contributed by atoms with Crippen molar-refractivity contribution in [3.05, 3.63) is 17.2 Å². The van der Waals surface area contributed by atoms with Gasteiger partial charge in [-0.25, -0.2) is 14.6 Å². The Bertz CT molecular complexity index is 533. The van der Waals surface area contributed by atoms with Gasteiger partial charge in [0.1, 0.15) is 11.0 Å². The number of fused-ring (bicyclic) bond motifs is 1. The van der Waals surface area contributed by atoms with Gasteiger partial charge in [0.05, 0.1) is 24.2 Å². The molecule has 0 aliphatic carbocycles. The van der Waals surface area contributed by atoms with Crippen LogP contribution in [0.3, 0.4) is 0 Å². The Morgan fingerprint density at radius 1 is 1.50 bits per heavy atom. The Balaban J connectivity index is 2.18. The second-order valence-electron chi connectivity index (χ2n) is 3.91. The van der Waals surface area contributed by atoms with E-state index in [1.807, 2.05) is 11.6 Å². The number of aryl methyl sites for hydroxylation is 1. The van der Waals surface area contributed by atoms with Gasteiger partial charge in [-0.15, -0.1) is 0 Å². The molecule has 3 rings (SSSR count). The van der Waals surface area contributed by atoms with Gasteiger partial charge in [-0.2, -0.15) is 5.10 Å². The third kappa shape index (κ3) is 1.47. The highest BCUT2D eigenvalue weighted by Crippen LogP contribution is 2.25. The first-order chi connectivity index (χ1) is 7.75. The zero-order valence-electron chi connectivity index (χ0n) is 8.85. The van der Waals surface area contributed by atoms with Gasteiger partial charge in [0.25, 0.3) is 0 Å². The minimum atomic E-state index is 0.267. The molecule has 0 saturated carbocycles. The van der Waals surface area contributed by atoms with Crippen LogP contribution >= 0.6 is 11.6 Å². The zero-order chi connectivity index (χ0) is 11.1. The number of ether oxygens (including phenoxy) is 1. The summed E-state index contributed by atoms with van der Waals surface area (Å²) in [5, 5.41) is 5.60. The molecule has 1 aliphatic rings. The molecule has 0 radical (unpaired) electrons. The van der Waals surface area contributed by atoms with Crippen LogP contribution in [0.5, 0.6) is 0 Å². The maximum absolute atomic E-state index is 6.05. The normalized spacial score (nSPS) is 20.8.